The molecular weight excluding hydrogens is 134 g/mol. The Labute approximate surface area is 59.0 Å². The molecule has 0 aromatic carbocycles. The second kappa shape index (κ2) is 2.65. The molecule has 1 heterocycles. The quantitative estimate of drug-likeness (QED) is 0.580. The summed E-state index contributed by atoms with van der Waals surface area (Å²) in [5.41, 5.74) is 0.704. The minimum absolute atomic E-state index is 0.590. The molecule has 0 aliphatic carbocycles. The van der Waals surface area contributed by atoms with Crippen molar-refractivity contribution in [3.63, 3.8) is 0 Å². The molecular formula is C7H5ClN. The normalized spacial score (nSPS) is 9.00. The molecule has 0 aliphatic heterocycles. The number of pyridine rings is 1. The van der Waals surface area contributed by atoms with Gasteiger partial charge in [0.2, 0.25) is 0 Å². The lowest BCUT2D eigenvalue weighted by atomic mass is 10.3. The summed E-state index contributed by atoms with van der Waals surface area (Å²) in [6, 6.07) is 4.40. The second-order valence-corrected chi connectivity index (χ2v) is 1.91. The zero-order valence-electron chi connectivity index (χ0n) is 4.76. The molecule has 0 spiro atoms. The van der Waals surface area contributed by atoms with E-state index in [0.717, 1.165) is 0 Å². The smallest absolute Gasteiger partial charge is 0.0810 e. The van der Waals surface area contributed by atoms with Crippen LogP contribution in [0.5, 0.6) is 0 Å². The van der Waals surface area contributed by atoms with Gasteiger partial charge in [0.1, 0.15) is 0 Å². The highest BCUT2D eigenvalue weighted by Crippen LogP contribution is 2.11. The third-order valence-electron chi connectivity index (χ3n) is 0.926. The van der Waals surface area contributed by atoms with Crippen LogP contribution in [0, 0.1) is 6.07 Å². The van der Waals surface area contributed by atoms with Gasteiger partial charge in [-0.3, -0.25) is 4.98 Å². The van der Waals surface area contributed by atoms with Gasteiger partial charge < -0.3 is 0 Å². The van der Waals surface area contributed by atoms with E-state index in [2.05, 4.69) is 17.6 Å². The molecule has 0 saturated heterocycles. The van der Waals surface area contributed by atoms with E-state index in [0.29, 0.717) is 10.7 Å². The molecule has 0 amide bonds. The van der Waals surface area contributed by atoms with Crippen molar-refractivity contribution in [2.45, 2.75) is 0 Å². The van der Waals surface area contributed by atoms with Crippen molar-refractivity contribution in [2.24, 2.45) is 0 Å². The summed E-state index contributed by atoms with van der Waals surface area (Å²) in [6.07, 6.45) is 3.17. The molecule has 0 bridgehead atoms. The van der Waals surface area contributed by atoms with Crippen LogP contribution in [0.15, 0.2) is 18.8 Å². The van der Waals surface area contributed by atoms with E-state index in [4.69, 9.17) is 11.6 Å². The average molecular weight is 139 g/mol. The summed E-state index contributed by atoms with van der Waals surface area (Å²) in [5, 5.41) is 0.590. The molecule has 1 aromatic heterocycles. The first-order valence-electron chi connectivity index (χ1n) is 2.48. The van der Waals surface area contributed by atoms with Crippen molar-refractivity contribution in [3.8, 4) is 0 Å². The van der Waals surface area contributed by atoms with E-state index in [1.54, 1.807) is 18.3 Å². The molecule has 0 fully saturated rings. The topological polar surface area (TPSA) is 12.9 Å². The van der Waals surface area contributed by atoms with Gasteiger partial charge in [-0.05, 0) is 12.1 Å². The largest absolute Gasteiger partial charge is 0.255 e. The molecule has 1 aromatic rings. The predicted octanol–water partition coefficient (Wildman–Crippen LogP) is 2.18. The zero-order chi connectivity index (χ0) is 6.69. The highest BCUT2D eigenvalue weighted by molar-refractivity contribution is 6.31. The second-order valence-electron chi connectivity index (χ2n) is 1.51. The standard InChI is InChI=1S/C7H5ClN/c1-2-7-6(8)4-3-5-9-7/h2,4-5H,1H2. The minimum Gasteiger partial charge on any atom is -0.255 e. The summed E-state index contributed by atoms with van der Waals surface area (Å²) in [7, 11) is 0. The Hall–Kier alpha value is -0.820. The summed E-state index contributed by atoms with van der Waals surface area (Å²) in [6.45, 7) is 3.53. The Balaban J connectivity index is 3.15. The molecule has 1 rings (SSSR count). The molecule has 0 aliphatic rings. The number of nitrogens with zero attached hydrogens (tertiary/aromatic N) is 1. The maximum Gasteiger partial charge on any atom is 0.0810 e. The monoisotopic (exact) mass is 138 g/mol. The Morgan fingerprint density at radius 3 is 3.00 bits per heavy atom. The van der Waals surface area contributed by atoms with Crippen molar-refractivity contribution >= 4 is 17.7 Å². The fraction of sp³-hybridized carbons (Fsp3) is 0. The van der Waals surface area contributed by atoms with Crippen molar-refractivity contribution < 1.29 is 0 Å². The maximum atomic E-state index is 5.66. The molecule has 9 heavy (non-hydrogen) atoms. The van der Waals surface area contributed by atoms with Crippen LogP contribution in [0.25, 0.3) is 6.08 Å². The fourth-order valence-electron chi connectivity index (χ4n) is 0.503. The predicted molar refractivity (Wildman–Crippen MR) is 38.2 cm³/mol. The van der Waals surface area contributed by atoms with Crippen LogP contribution in [0.3, 0.4) is 0 Å². The molecule has 2 heteroatoms. The Morgan fingerprint density at radius 1 is 1.78 bits per heavy atom. The Kier molecular flexibility index (Phi) is 1.85. The third kappa shape index (κ3) is 1.30. The van der Waals surface area contributed by atoms with Crippen LogP contribution >= 0.6 is 11.6 Å². The third-order valence-corrected chi connectivity index (χ3v) is 1.23. The van der Waals surface area contributed by atoms with Crippen molar-refractivity contribution in [3.05, 3.63) is 35.6 Å². The highest BCUT2D eigenvalue weighted by atomic mass is 35.5. The van der Waals surface area contributed by atoms with E-state index in [1.807, 2.05) is 0 Å². The molecule has 0 unspecified atom stereocenters. The van der Waals surface area contributed by atoms with Crippen molar-refractivity contribution in [1.82, 2.24) is 4.98 Å². The van der Waals surface area contributed by atoms with Gasteiger partial charge in [-0.1, -0.05) is 18.2 Å². The van der Waals surface area contributed by atoms with E-state index in [9.17, 15) is 0 Å². The molecule has 45 valence electrons. The molecule has 1 radical (unpaired) electrons. The first-order valence-corrected chi connectivity index (χ1v) is 2.86. The van der Waals surface area contributed by atoms with Crippen LogP contribution < -0.4 is 0 Å². The summed E-state index contributed by atoms with van der Waals surface area (Å²) in [5.74, 6) is 0. The SMILES string of the molecule is C=Cc1nc[c]cc1Cl. The van der Waals surface area contributed by atoms with Crippen molar-refractivity contribution in [1.29, 1.82) is 0 Å². The summed E-state index contributed by atoms with van der Waals surface area (Å²) in [4.78, 5) is 3.89. The van der Waals surface area contributed by atoms with Gasteiger partial charge in [0.25, 0.3) is 0 Å². The van der Waals surface area contributed by atoms with Gasteiger partial charge in [0.15, 0.2) is 0 Å². The maximum absolute atomic E-state index is 5.66. The van der Waals surface area contributed by atoms with E-state index in [1.165, 1.54) is 0 Å². The van der Waals surface area contributed by atoms with E-state index < -0.39 is 0 Å². The van der Waals surface area contributed by atoms with Crippen LogP contribution in [0.1, 0.15) is 5.69 Å². The van der Waals surface area contributed by atoms with Gasteiger partial charge >= 0.3 is 0 Å². The van der Waals surface area contributed by atoms with Gasteiger partial charge in [-0.25, -0.2) is 0 Å². The van der Waals surface area contributed by atoms with Gasteiger partial charge in [-0.2, -0.15) is 0 Å². The summed E-state index contributed by atoms with van der Waals surface area (Å²) < 4.78 is 0. The van der Waals surface area contributed by atoms with Crippen LogP contribution in [0.2, 0.25) is 5.02 Å². The van der Waals surface area contributed by atoms with Gasteiger partial charge in [-0.15, -0.1) is 0 Å². The highest BCUT2D eigenvalue weighted by Gasteiger charge is 1.91. The minimum atomic E-state index is 0.590. The lowest BCUT2D eigenvalue weighted by molar-refractivity contribution is 1.29. The number of aromatic nitrogens is 1. The molecule has 0 atom stereocenters. The van der Waals surface area contributed by atoms with E-state index >= 15 is 0 Å². The number of hydrogen-bond acceptors (Lipinski definition) is 1. The summed E-state index contributed by atoms with van der Waals surface area (Å²) >= 11 is 5.66. The number of halogens is 1. The van der Waals surface area contributed by atoms with Crippen LogP contribution in [0.4, 0.5) is 0 Å². The first-order chi connectivity index (χ1) is 4.34. The van der Waals surface area contributed by atoms with E-state index in [-0.39, 0.29) is 0 Å². The number of hydrogen-bond donors (Lipinski definition) is 0. The molecule has 0 N–H and O–H groups in total. The van der Waals surface area contributed by atoms with Gasteiger partial charge in [0, 0.05) is 12.3 Å². The lowest BCUT2D eigenvalue weighted by Gasteiger charge is -1.91. The molecule has 1 nitrogen and oxygen atoms in total. The Morgan fingerprint density at radius 2 is 2.56 bits per heavy atom. The number of rotatable bonds is 1. The molecule has 0 saturated carbocycles. The lowest BCUT2D eigenvalue weighted by Crippen LogP contribution is -1.78. The van der Waals surface area contributed by atoms with Gasteiger partial charge in [0.05, 0.1) is 10.7 Å². The zero-order valence-corrected chi connectivity index (χ0v) is 5.52. The first kappa shape index (κ1) is 6.30. The van der Waals surface area contributed by atoms with Crippen LogP contribution in [-0.4, -0.2) is 4.98 Å². The average Bonchev–Trinajstić information content (AvgIpc) is 1.89. The Bertz CT molecular complexity index is 220. The van der Waals surface area contributed by atoms with Crippen LogP contribution in [-0.2, 0) is 0 Å². The fourth-order valence-corrected chi connectivity index (χ4v) is 0.692. The van der Waals surface area contributed by atoms with Crippen molar-refractivity contribution in [2.75, 3.05) is 0 Å².